The smallest absolute Gasteiger partial charge is 0.253 e. The van der Waals surface area contributed by atoms with Crippen molar-refractivity contribution in [2.45, 2.75) is 19.5 Å². The lowest BCUT2D eigenvalue weighted by Crippen LogP contribution is -2.42. The van der Waals surface area contributed by atoms with Gasteiger partial charge in [-0.15, -0.1) is 0 Å². The van der Waals surface area contributed by atoms with Crippen molar-refractivity contribution in [3.8, 4) is 11.5 Å². The molecule has 2 aliphatic rings. The summed E-state index contributed by atoms with van der Waals surface area (Å²) in [6.45, 7) is 7.39. The van der Waals surface area contributed by atoms with E-state index in [9.17, 15) is 4.79 Å². The summed E-state index contributed by atoms with van der Waals surface area (Å²) >= 11 is 5.80. The van der Waals surface area contributed by atoms with Crippen LogP contribution in [0, 0.1) is 0 Å². The lowest BCUT2D eigenvalue weighted by Gasteiger charge is -2.28. The maximum atomic E-state index is 13.0. The summed E-state index contributed by atoms with van der Waals surface area (Å²) in [6.07, 6.45) is 0.989. The molecule has 3 heterocycles. The van der Waals surface area contributed by atoms with Gasteiger partial charge < -0.3 is 29.4 Å². The van der Waals surface area contributed by atoms with Gasteiger partial charge in [0.05, 0.1) is 25.3 Å². The molecule has 3 aromatic rings. The molecule has 9 heteroatoms. The molecular formula is C27H32N4O4S. The maximum Gasteiger partial charge on any atom is 0.253 e. The molecule has 0 spiro atoms. The van der Waals surface area contributed by atoms with Gasteiger partial charge >= 0.3 is 0 Å². The molecule has 190 valence electrons. The number of thiocarbonyl (C=S) groups is 1. The minimum absolute atomic E-state index is 0.132. The van der Waals surface area contributed by atoms with E-state index < -0.39 is 0 Å². The number of ether oxygens (including phenoxy) is 3. The van der Waals surface area contributed by atoms with E-state index in [0.717, 1.165) is 62.3 Å². The van der Waals surface area contributed by atoms with Crippen LogP contribution in [0.4, 0.5) is 0 Å². The molecule has 0 amide bonds. The summed E-state index contributed by atoms with van der Waals surface area (Å²) < 4.78 is 16.8. The Morgan fingerprint density at radius 2 is 1.75 bits per heavy atom. The van der Waals surface area contributed by atoms with Gasteiger partial charge in [0.25, 0.3) is 5.56 Å². The first-order valence-corrected chi connectivity index (χ1v) is 12.9. The van der Waals surface area contributed by atoms with Crippen LogP contribution in [-0.4, -0.2) is 72.5 Å². The number of nitrogens with one attached hydrogen (secondary N) is 2. The second-order valence-corrected chi connectivity index (χ2v) is 9.47. The summed E-state index contributed by atoms with van der Waals surface area (Å²) in [4.78, 5) is 20.5. The van der Waals surface area contributed by atoms with Gasteiger partial charge in [-0.2, -0.15) is 0 Å². The van der Waals surface area contributed by atoms with E-state index in [0.29, 0.717) is 48.5 Å². The Bertz CT molecular complexity index is 1240. The third-order valence-corrected chi connectivity index (χ3v) is 6.88. The normalized spacial score (nSPS) is 15.6. The number of pyridine rings is 1. The molecule has 0 atom stereocenters. The maximum absolute atomic E-state index is 13.0. The summed E-state index contributed by atoms with van der Waals surface area (Å²) in [5.41, 5.74) is 2.37. The molecule has 0 aliphatic carbocycles. The number of benzene rings is 2. The van der Waals surface area contributed by atoms with Crippen LogP contribution in [-0.2, 0) is 17.8 Å². The van der Waals surface area contributed by atoms with Gasteiger partial charge in [-0.05, 0) is 42.9 Å². The van der Waals surface area contributed by atoms with Crippen LogP contribution in [0.1, 0.15) is 17.5 Å². The largest absolute Gasteiger partial charge is 0.486 e. The monoisotopic (exact) mass is 508 g/mol. The fourth-order valence-electron chi connectivity index (χ4n) is 4.55. The topological polar surface area (TPSA) is 79.1 Å². The quantitative estimate of drug-likeness (QED) is 0.355. The van der Waals surface area contributed by atoms with Crippen LogP contribution in [0.2, 0.25) is 0 Å². The summed E-state index contributed by atoms with van der Waals surface area (Å²) in [7, 11) is 0. The molecule has 1 saturated heterocycles. The van der Waals surface area contributed by atoms with Crippen LogP contribution in [0.25, 0.3) is 10.9 Å². The predicted molar refractivity (Wildman–Crippen MR) is 144 cm³/mol. The van der Waals surface area contributed by atoms with Crippen molar-refractivity contribution in [1.29, 1.82) is 0 Å². The Hall–Kier alpha value is -3.14. The van der Waals surface area contributed by atoms with E-state index in [-0.39, 0.29) is 5.56 Å². The highest BCUT2D eigenvalue weighted by Gasteiger charge is 2.17. The molecule has 1 aromatic heterocycles. The molecule has 0 radical (unpaired) electrons. The van der Waals surface area contributed by atoms with Gasteiger partial charge in [0.2, 0.25) is 0 Å². The lowest BCUT2D eigenvalue weighted by molar-refractivity contribution is 0.0376. The van der Waals surface area contributed by atoms with E-state index >= 15 is 0 Å². The molecule has 2 N–H and O–H groups in total. The highest BCUT2D eigenvalue weighted by atomic mass is 32.1. The zero-order chi connectivity index (χ0) is 24.7. The Kier molecular flexibility index (Phi) is 8.00. The number of rotatable bonds is 8. The van der Waals surface area contributed by atoms with Gasteiger partial charge in [0.1, 0.15) is 13.2 Å². The number of hydrogen-bond acceptors (Lipinski definition) is 6. The summed E-state index contributed by atoms with van der Waals surface area (Å²) in [5.74, 6) is 1.36. The number of fused-ring (bicyclic) bond motifs is 2. The minimum Gasteiger partial charge on any atom is -0.486 e. The van der Waals surface area contributed by atoms with Gasteiger partial charge in [-0.3, -0.25) is 9.69 Å². The van der Waals surface area contributed by atoms with Crippen LogP contribution >= 0.6 is 12.2 Å². The number of morpholine rings is 1. The molecule has 2 aromatic carbocycles. The molecule has 0 saturated carbocycles. The fourth-order valence-corrected chi connectivity index (χ4v) is 4.78. The van der Waals surface area contributed by atoms with E-state index in [1.165, 1.54) is 0 Å². The minimum atomic E-state index is -0.132. The Morgan fingerprint density at radius 1 is 1.00 bits per heavy atom. The van der Waals surface area contributed by atoms with Crippen LogP contribution in [0.15, 0.2) is 53.3 Å². The third-order valence-electron chi connectivity index (χ3n) is 6.48. The standard InChI is InChI=1S/C27H32N4O4S/c32-26-22(15-21-16-24-25(17-23(21)29-26)35-14-13-34-24)19-31(18-20-5-2-1-3-6-20)27(36)28-7-4-8-30-9-11-33-12-10-30/h1-3,5-6,15-17H,4,7-14,18-19H2,(H,28,36)(H,29,32). The third kappa shape index (κ3) is 6.16. The van der Waals surface area contributed by atoms with E-state index in [1.54, 1.807) is 0 Å². The number of nitrogens with zero attached hydrogens (tertiary/aromatic N) is 2. The first kappa shape index (κ1) is 24.5. The first-order valence-electron chi connectivity index (χ1n) is 12.5. The van der Waals surface area contributed by atoms with Crippen LogP contribution in [0.3, 0.4) is 0 Å². The Morgan fingerprint density at radius 3 is 2.53 bits per heavy atom. The molecule has 5 rings (SSSR count). The molecule has 0 bridgehead atoms. The van der Waals surface area contributed by atoms with E-state index in [2.05, 4.69) is 27.3 Å². The first-order chi connectivity index (χ1) is 17.7. The van der Waals surface area contributed by atoms with Gasteiger partial charge in [0.15, 0.2) is 16.6 Å². The zero-order valence-corrected chi connectivity index (χ0v) is 21.1. The van der Waals surface area contributed by atoms with Gasteiger partial charge in [-0.1, -0.05) is 30.3 Å². The van der Waals surface area contributed by atoms with Crippen molar-refractivity contribution < 1.29 is 14.2 Å². The number of hydrogen-bond donors (Lipinski definition) is 2. The molecule has 1 fully saturated rings. The molecule has 0 unspecified atom stereocenters. The van der Waals surface area contributed by atoms with Crippen molar-refractivity contribution in [2.75, 3.05) is 52.6 Å². The van der Waals surface area contributed by atoms with Crippen LogP contribution in [0.5, 0.6) is 11.5 Å². The number of aromatic nitrogens is 1. The highest BCUT2D eigenvalue weighted by molar-refractivity contribution is 7.80. The lowest BCUT2D eigenvalue weighted by atomic mass is 10.1. The number of aromatic amines is 1. The molecule has 8 nitrogen and oxygen atoms in total. The SMILES string of the molecule is O=c1[nH]c2cc3c(cc2cc1CN(Cc1ccccc1)C(=S)NCCCN1CCOCC1)OCCO3. The molecular weight excluding hydrogens is 476 g/mol. The second-order valence-electron chi connectivity index (χ2n) is 9.09. The predicted octanol–water partition coefficient (Wildman–Crippen LogP) is 2.90. The van der Waals surface area contributed by atoms with E-state index in [4.69, 9.17) is 26.4 Å². The summed E-state index contributed by atoms with van der Waals surface area (Å²) in [5, 5.41) is 4.95. The molecule has 36 heavy (non-hydrogen) atoms. The van der Waals surface area contributed by atoms with Crippen molar-refractivity contribution in [3.05, 3.63) is 70.0 Å². The van der Waals surface area contributed by atoms with Crippen molar-refractivity contribution in [1.82, 2.24) is 20.1 Å². The zero-order valence-electron chi connectivity index (χ0n) is 20.3. The average molecular weight is 509 g/mol. The summed E-state index contributed by atoms with van der Waals surface area (Å²) in [6, 6.07) is 15.8. The Balaban J connectivity index is 1.30. The fraction of sp³-hybridized carbons (Fsp3) is 0.407. The van der Waals surface area contributed by atoms with E-state index in [1.807, 2.05) is 41.3 Å². The highest BCUT2D eigenvalue weighted by Crippen LogP contribution is 2.33. The van der Waals surface area contributed by atoms with Crippen molar-refractivity contribution in [2.24, 2.45) is 0 Å². The second kappa shape index (κ2) is 11.7. The van der Waals surface area contributed by atoms with Gasteiger partial charge in [0, 0.05) is 43.2 Å². The van der Waals surface area contributed by atoms with Gasteiger partial charge in [-0.25, -0.2) is 0 Å². The van der Waals surface area contributed by atoms with Crippen LogP contribution < -0.4 is 20.3 Å². The number of H-pyrrole nitrogens is 1. The average Bonchev–Trinajstić information content (AvgIpc) is 2.91. The Labute approximate surface area is 216 Å². The molecule has 2 aliphatic heterocycles. The van der Waals surface area contributed by atoms with Crippen molar-refractivity contribution >= 4 is 28.2 Å². The van der Waals surface area contributed by atoms with Crippen molar-refractivity contribution in [3.63, 3.8) is 0 Å².